The number of carbonyl (C=O) groups is 1. The Kier molecular flexibility index (Phi) is 3.88. The van der Waals surface area contributed by atoms with Crippen molar-refractivity contribution in [3.8, 4) is 0 Å². The summed E-state index contributed by atoms with van der Waals surface area (Å²) in [5, 5.41) is 9.79. The Labute approximate surface area is 116 Å². The number of alkyl halides is 12. The molecule has 0 aromatic rings. The van der Waals surface area contributed by atoms with E-state index in [2.05, 4.69) is 0 Å². The molecular formula is C7F12NO3-. The Hall–Kier alpha value is -1.45. The first-order valence-corrected chi connectivity index (χ1v) is 4.76. The molecule has 0 amide bonds. The van der Waals surface area contributed by atoms with Crippen LogP contribution in [-0.4, -0.2) is 47.1 Å². The van der Waals surface area contributed by atoms with E-state index in [1.165, 1.54) is 0 Å². The average molecular weight is 374 g/mol. The summed E-state index contributed by atoms with van der Waals surface area (Å²) in [7, 11) is 0. The summed E-state index contributed by atoms with van der Waals surface area (Å²) < 4.78 is 156. The maximum Gasteiger partial charge on any atom is 0.439 e. The maximum atomic E-state index is 13.1. The van der Waals surface area contributed by atoms with Crippen LogP contribution in [-0.2, 0) is 9.53 Å². The zero-order valence-corrected chi connectivity index (χ0v) is 9.71. The van der Waals surface area contributed by atoms with E-state index in [0.717, 1.165) is 0 Å². The third-order valence-corrected chi connectivity index (χ3v) is 2.43. The van der Waals surface area contributed by atoms with Gasteiger partial charge >= 0.3 is 36.3 Å². The minimum Gasteiger partial charge on any atom is -0.544 e. The maximum absolute atomic E-state index is 13.1. The molecule has 1 fully saturated rings. The third-order valence-electron chi connectivity index (χ3n) is 2.43. The van der Waals surface area contributed by atoms with Crippen LogP contribution < -0.4 is 5.11 Å². The van der Waals surface area contributed by atoms with Gasteiger partial charge in [0.25, 0.3) is 0 Å². The number of aliphatic carboxylic acids is 1. The number of rotatable bonds is 3. The standard InChI is InChI=1S/C7HF12NO3/c8-2(9,1(21)22)3(10,11)20-4(12,13)6(16,17)23-7(18,19)5(20,14)15/h(H,21,22)/p-1. The van der Waals surface area contributed by atoms with Gasteiger partial charge in [-0.15, -0.1) is 0 Å². The summed E-state index contributed by atoms with van der Waals surface area (Å²) in [6.07, 6.45) is -13.6. The van der Waals surface area contributed by atoms with Crippen molar-refractivity contribution in [1.29, 1.82) is 0 Å². The summed E-state index contributed by atoms with van der Waals surface area (Å²) in [5.41, 5.74) is 0. The molecule has 1 aliphatic rings. The average Bonchev–Trinajstić information content (AvgIpc) is 2.23. The van der Waals surface area contributed by atoms with Crippen molar-refractivity contribution in [2.75, 3.05) is 0 Å². The molecule has 23 heavy (non-hydrogen) atoms. The van der Waals surface area contributed by atoms with Crippen molar-refractivity contribution in [2.24, 2.45) is 0 Å². The molecule has 0 unspecified atom stereocenters. The van der Waals surface area contributed by atoms with Gasteiger partial charge in [-0.3, -0.25) is 0 Å². The van der Waals surface area contributed by atoms with Gasteiger partial charge in [0.2, 0.25) is 0 Å². The zero-order valence-electron chi connectivity index (χ0n) is 9.71. The Balaban J connectivity index is 3.71. The normalized spacial score (nSPS) is 26.8. The molecule has 0 aromatic carbocycles. The van der Waals surface area contributed by atoms with E-state index in [1.54, 1.807) is 4.74 Å². The molecular weight excluding hydrogens is 374 g/mol. The van der Waals surface area contributed by atoms with E-state index in [9.17, 15) is 62.6 Å². The Morgan fingerprint density at radius 3 is 1.39 bits per heavy atom. The third kappa shape index (κ3) is 2.29. The van der Waals surface area contributed by atoms with Crippen molar-refractivity contribution in [2.45, 2.75) is 36.3 Å². The summed E-state index contributed by atoms with van der Waals surface area (Å²) >= 11 is 0. The van der Waals surface area contributed by atoms with Crippen molar-refractivity contribution in [3.05, 3.63) is 0 Å². The van der Waals surface area contributed by atoms with Crippen LogP contribution in [0.5, 0.6) is 0 Å². The fourth-order valence-electron chi connectivity index (χ4n) is 1.34. The topological polar surface area (TPSA) is 52.6 Å². The lowest BCUT2D eigenvalue weighted by atomic mass is 10.2. The molecule has 1 saturated heterocycles. The molecule has 1 rings (SSSR count). The van der Waals surface area contributed by atoms with Gasteiger partial charge in [0.1, 0.15) is 5.97 Å². The highest BCUT2D eigenvalue weighted by Crippen LogP contribution is 2.60. The number of carboxylic acid groups (broad SMARTS) is 1. The molecule has 136 valence electrons. The van der Waals surface area contributed by atoms with Gasteiger partial charge in [0, 0.05) is 0 Å². The molecule has 0 aliphatic carbocycles. The number of hydrogen-bond donors (Lipinski definition) is 0. The number of carboxylic acids is 1. The Morgan fingerprint density at radius 1 is 0.826 bits per heavy atom. The lowest BCUT2D eigenvalue weighted by Crippen LogP contribution is -2.80. The highest BCUT2D eigenvalue weighted by molar-refractivity contribution is 5.74. The lowest BCUT2D eigenvalue weighted by Gasteiger charge is -2.50. The molecule has 0 bridgehead atoms. The molecule has 4 nitrogen and oxygen atoms in total. The summed E-state index contributed by atoms with van der Waals surface area (Å²) in [6.45, 7) is 0. The minimum atomic E-state index is -7.44. The first-order chi connectivity index (χ1) is 9.77. The van der Waals surface area contributed by atoms with E-state index in [4.69, 9.17) is 0 Å². The van der Waals surface area contributed by atoms with Gasteiger partial charge in [0.05, 0.1) is 0 Å². The van der Waals surface area contributed by atoms with Crippen LogP contribution in [0.15, 0.2) is 0 Å². The van der Waals surface area contributed by atoms with Crippen LogP contribution in [0.3, 0.4) is 0 Å². The van der Waals surface area contributed by atoms with E-state index in [0.29, 0.717) is 0 Å². The van der Waals surface area contributed by atoms with Gasteiger partial charge < -0.3 is 9.90 Å². The molecule has 1 aliphatic heterocycles. The van der Waals surface area contributed by atoms with Crippen molar-refractivity contribution in [1.82, 2.24) is 4.90 Å². The van der Waals surface area contributed by atoms with Crippen LogP contribution in [0.25, 0.3) is 0 Å². The molecule has 0 radical (unpaired) electrons. The molecule has 1 heterocycles. The molecule has 0 atom stereocenters. The van der Waals surface area contributed by atoms with Crippen LogP contribution in [0.4, 0.5) is 52.7 Å². The summed E-state index contributed by atoms with van der Waals surface area (Å²) in [5.74, 6) is -11.3. The van der Waals surface area contributed by atoms with E-state index < -0.39 is 47.1 Å². The lowest BCUT2D eigenvalue weighted by molar-refractivity contribution is -0.592. The number of halogens is 12. The zero-order chi connectivity index (χ0) is 18.9. The SMILES string of the molecule is O=C([O-])C(F)(F)C(F)(F)N1C(F)(F)C(F)(F)OC(F)(F)C1(F)F. The van der Waals surface area contributed by atoms with Crippen LogP contribution in [0.1, 0.15) is 0 Å². The smallest absolute Gasteiger partial charge is 0.439 e. The number of hydrogen-bond acceptors (Lipinski definition) is 4. The second kappa shape index (κ2) is 4.55. The highest BCUT2D eigenvalue weighted by Gasteiger charge is 2.89. The number of morpholine rings is 1. The Morgan fingerprint density at radius 2 is 1.13 bits per heavy atom. The van der Waals surface area contributed by atoms with Gasteiger partial charge in [0.15, 0.2) is 0 Å². The number of carbonyl (C=O) groups excluding carboxylic acids is 1. The molecule has 0 saturated carbocycles. The van der Waals surface area contributed by atoms with Gasteiger partial charge in [-0.05, 0) is 0 Å². The van der Waals surface area contributed by atoms with E-state index >= 15 is 0 Å². The quantitative estimate of drug-likeness (QED) is 0.557. The van der Waals surface area contributed by atoms with Crippen molar-refractivity contribution >= 4 is 5.97 Å². The fourth-order valence-corrected chi connectivity index (χ4v) is 1.34. The Bertz CT molecular complexity index is 491. The minimum absolute atomic E-state index is 1.74. The molecule has 0 spiro atoms. The summed E-state index contributed by atoms with van der Waals surface area (Å²) in [4.78, 5) is 5.88. The van der Waals surface area contributed by atoms with Crippen molar-refractivity contribution < 1.29 is 67.3 Å². The van der Waals surface area contributed by atoms with E-state index in [-0.39, 0.29) is 0 Å². The van der Waals surface area contributed by atoms with Crippen molar-refractivity contribution in [3.63, 3.8) is 0 Å². The first-order valence-electron chi connectivity index (χ1n) is 4.76. The predicted molar refractivity (Wildman–Crippen MR) is 37.6 cm³/mol. The fraction of sp³-hybridized carbons (Fsp3) is 0.857. The monoisotopic (exact) mass is 374 g/mol. The molecule has 0 N–H and O–H groups in total. The first kappa shape index (κ1) is 19.6. The second-order valence-electron chi connectivity index (χ2n) is 3.96. The van der Waals surface area contributed by atoms with Gasteiger partial charge in [-0.25, -0.2) is 4.74 Å². The van der Waals surface area contributed by atoms with Crippen LogP contribution >= 0.6 is 0 Å². The molecule has 0 aromatic heterocycles. The van der Waals surface area contributed by atoms with Gasteiger partial charge in [-0.2, -0.15) is 52.7 Å². The number of ether oxygens (including phenoxy) is 1. The summed E-state index contributed by atoms with van der Waals surface area (Å²) in [6, 6.07) is -21.8. The van der Waals surface area contributed by atoms with Crippen LogP contribution in [0, 0.1) is 0 Å². The highest BCUT2D eigenvalue weighted by atomic mass is 19.4. The predicted octanol–water partition coefficient (Wildman–Crippen LogP) is 1.67. The molecule has 16 heteroatoms. The second-order valence-corrected chi connectivity index (χ2v) is 3.96. The van der Waals surface area contributed by atoms with E-state index in [1.807, 2.05) is 0 Å². The van der Waals surface area contributed by atoms with Crippen LogP contribution in [0.2, 0.25) is 0 Å². The largest absolute Gasteiger partial charge is 0.544 e. The van der Waals surface area contributed by atoms with Gasteiger partial charge in [-0.1, -0.05) is 4.90 Å². The number of nitrogens with zero attached hydrogens (tertiary/aromatic N) is 1.